The topological polar surface area (TPSA) is 46.8 Å². The molecule has 18 heavy (non-hydrogen) atoms. The van der Waals surface area contributed by atoms with Crippen molar-refractivity contribution in [2.45, 2.75) is 26.8 Å². The van der Waals surface area contributed by atoms with Crippen LogP contribution in [0.4, 0.5) is 0 Å². The van der Waals surface area contributed by atoms with Gasteiger partial charge in [-0.3, -0.25) is 0 Å². The van der Waals surface area contributed by atoms with E-state index >= 15 is 0 Å². The van der Waals surface area contributed by atoms with Gasteiger partial charge in [-0.15, -0.1) is 0 Å². The largest absolute Gasteiger partial charge is 0.302 e. The predicted octanol–water partition coefficient (Wildman–Crippen LogP) is 1.27. The third-order valence-corrected chi connectivity index (χ3v) is 3.24. The van der Waals surface area contributed by atoms with Crippen molar-refractivity contribution in [2.24, 2.45) is 0 Å². The summed E-state index contributed by atoms with van der Waals surface area (Å²) in [4.78, 5) is 11.0. The van der Waals surface area contributed by atoms with E-state index < -0.39 is 0 Å². The first-order valence-corrected chi connectivity index (χ1v) is 6.20. The molecule has 0 bridgehead atoms. The molecule has 2 aromatic rings. The molecule has 3 rings (SSSR count). The standard InChI is InChI=1S/C13H17N5/c1-9-6-13(15-10(2)14-9)18-8-11-7-17(3)5-4-12(11)16-18/h6,8H,4-5,7H2,1-3H3. The fourth-order valence-corrected chi connectivity index (χ4v) is 2.39. The minimum atomic E-state index is 0.788. The first-order chi connectivity index (χ1) is 8.61. The van der Waals surface area contributed by atoms with Gasteiger partial charge in [-0.05, 0) is 20.9 Å². The lowest BCUT2D eigenvalue weighted by Gasteiger charge is -2.20. The highest BCUT2D eigenvalue weighted by Crippen LogP contribution is 2.18. The monoisotopic (exact) mass is 243 g/mol. The Labute approximate surface area is 106 Å². The minimum Gasteiger partial charge on any atom is -0.302 e. The van der Waals surface area contributed by atoms with E-state index in [1.54, 1.807) is 0 Å². The molecule has 0 amide bonds. The Balaban J connectivity index is 2.02. The van der Waals surface area contributed by atoms with Crippen LogP contribution in [0.3, 0.4) is 0 Å². The Morgan fingerprint density at radius 2 is 2.06 bits per heavy atom. The van der Waals surface area contributed by atoms with Crippen molar-refractivity contribution in [1.82, 2.24) is 24.6 Å². The van der Waals surface area contributed by atoms with Crippen LogP contribution in [-0.4, -0.2) is 38.2 Å². The van der Waals surface area contributed by atoms with Crippen molar-refractivity contribution >= 4 is 0 Å². The van der Waals surface area contributed by atoms with Gasteiger partial charge in [-0.1, -0.05) is 0 Å². The van der Waals surface area contributed by atoms with Crippen LogP contribution >= 0.6 is 0 Å². The van der Waals surface area contributed by atoms with E-state index in [1.807, 2.05) is 24.6 Å². The lowest BCUT2D eigenvalue weighted by molar-refractivity contribution is 0.311. The first-order valence-electron chi connectivity index (χ1n) is 6.20. The van der Waals surface area contributed by atoms with Crippen molar-refractivity contribution in [1.29, 1.82) is 0 Å². The van der Waals surface area contributed by atoms with Crippen LogP contribution in [0.15, 0.2) is 12.3 Å². The van der Waals surface area contributed by atoms with Gasteiger partial charge in [-0.25, -0.2) is 14.6 Å². The van der Waals surface area contributed by atoms with Gasteiger partial charge < -0.3 is 4.90 Å². The summed E-state index contributed by atoms with van der Waals surface area (Å²) in [5.74, 6) is 1.65. The molecule has 2 aromatic heterocycles. The third-order valence-electron chi connectivity index (χ3n) is 3.24. The maximum atomic E-state index is 4.64. The number of likely N-dealkylation sites (N-methyl/N-ethyl adjacent to an activating group) is 1. The van der Waals surface area contributed by atoms with E-state index in [1.165, 1.54) is 11.3 Å². The highest BCUT2D eigenvalue weighted by atomic mass is 15.3. The molecule has 5 nitrogen and oxygen atoms in total. The average molecular weight is 243 g/mol. The first kappa shape index (κ1) is 11.3. The third kappa shape index (κ3) is 2.01. The van der Waals surface area contributed by atoms with Crippen LogP contribution in [-0.2, 0) is 13.0 Å². The molecule has 0 aromatic carbocycles. The molecule has 0 saturated carbocycles. The SMILES string of the molecule is Cc1cc(-n2cc3c(n2)CCN(C)C3)nc(C)n1. The van der Waals surface area contributed by atoms with Gasteiger partial charge in [0.2, 0.25) is 0 Å². The summed E-state index contributed by atoms with van der Waals surface area (Å²) in [5.41, 5.74) is 3.47. The molecule has 0 aliphatic carbocycles. The molecule has 0 atom stereocenters. The quantitative estimate of drug-likeness (QED) is 0.756. The van der Waals surface area contributed by atoms with Crippen LogP contribution in [0.5, 0.6) is 0 Å². The molecular weight excluding hydrogens is 226 g/mol. The highest BCUT2D eigenvalue weighted by Gasteiger charge is 2.17. The number of aryl methyl sites for hydroxylation is 2. The summed E-state index contributed by atoms with van der Waals surface area (Å²) in [6, 6.07) is 1.97. The van der Waals surface area contributed by atoms with Gasteiger partial charge in [0.05, 0.1) is 5.69 Å². The van der Waals surface area contributed by atoms with Crippen molar-refractivity contribution < 1.29 is 0 Å². The number of rotatable bonds is 1. The maximum absolute atomic E-state index is 4.64. The molecule has 94 valence electrons. The Kier molecular flexibility index (Phi) is 2.63. The molecule has 1 aliphatic heterocycles. The van der Waals surface area contributed by atoms with Gasteiger partial charge in [0.1, 0.15) is 5.82 Å². The van der Waals surface area contributed by atoms with E-state index in [4.69, 9.17) is 0 Å². The molecule has 0 fully saturated rings. The van der Waals surface area contributed by atoms with E-state index in [9.17, 15) is 0 Å². The normalized spacial score (nSPS) is 15.7. The highest BCUT2D eigenvalue weighted by molar-refractivity contribution is 5.29. The van der Waals surface area contributed by atoms with Gasteiger partial charge in [0.15, 0.2) is 5.82 Å². The Bertz CT molecular complexity index is 567. The molecule has 0 unspecified atom stereocenters. The van der Waals surface area contributed by atoms with Gasteiger partial charge in [-0.2, -0.15) is 5.10 Å². The summed E-state index contributed by atoms with van der Waals surface area (Å²) in [7, 11) is 2.14. The lowest BCUT2D eigenvalue weighted by atomic mass is 10.1. The Morgan fingerprint density at radius 1 is 1.22 bits per heavy atom. The van der Waals surface area contributed by atoms with E-state index in [0.29, 0.717) is 0 Å². The second-order valence-corrected chi connectivity index (χ2v) is 4.95. The zero-order chi connectivity index (χ0) is 12.7. The molecule has 0 N–H and O–H groups in total. The summed E-state index contributed by atoms with van der Waals surface area (Å²) < 4.78 is 1.88. The van der Waals surface area contributed by atoms with Crippen LogP contribution in [0.1, 0.15) is 22.8 Å². The van der Waals surface area contributed by atoms with E-state index in [0.717, 1.165) is 36.8 Å². The number of fused-ring (bicyclic) bond motifs is 1. The summed E-state index contributed by atoms with van der Waals surface area (Å²) in [5, 5.41) is 4.64. The van der Waals surface area contributed by atoms with Crippen LogP contribution in [0.2, 0.25) is 0 Å². The van der Waals surface area contributed by atoms with Crippen LogP contribution in [0.25, 0.3) is 5.82 Å². The predicted molar refractivity (Wildman–Crippen MR) is 68.7 cm³/mol. The van der Waals surface area contributed by atoms with E-state index in [2.05, 4.69) is 33.2 Å². The molecular formula is C13H17N5. The van der Waals surface area contributed by atoms with Crippen LogP contribution in [0, 0.1) is 13.8 Å². The maximum Gasteiger partial charge on any atom is 0.157 e. The zero-order valence-corrected chi connectivity index (χ0v) is 11.0. The number of hydrogen-bond donors (Lipinski definition) is 0. The number of nitrogens with zero attached hydrogens (tertiary/aromatic N) is 5. The second kappa shape index (κ2) is 4.17. The van der Waals surface area contributed by atoms with Gasteiger partial charge in [0, 0.05) is 43.0 Å². The summed E-state index contributed by atoms with van der Waals surface area (Å²) >= 11 is 0. The molecule has 3 heterocycles. The molecule has 5 heteroatoms. The number of hydrogen-bond acceptors (Lipinski definition) is 4. The fourth-order valence-electron chi connectivity index (χ4n) is 2.39. The fraction of sp³-hybridized carbons (Fsp3) is 0.462. The second-order valence-electron chi connectivity index (χ2n) is 4.95. The number of aromatic nitrogens is 4. The lowest BCUT2D eigenvalue weighted by Crippen LogP contribution is -2.25. The van der Waals surface area contributed by atoms with Crippen molar-refractivity contribution in [3.63, 3.8) is 0 Å². The smallest absolute Gasteiger partial charge is 0.157 e. The Morgan fingerprint density at radius 3 is 2.83 bits per heavy atom. The summed E-state index contributed by atoms with van der Waals surface area (Å²) in [6.45, 7) is 5.94. The molecule has 0 spiro atoms. The van der Waals surface area contributed by atoms with Gasteiger partial charge >= 0.3 is 0 Å². The van der Waals surface area contributed by atoms with Crippen LogP contribution < -0.4 is 0 Å². The van der Waals surface area contributed by atoms with Crippen molar-refractivity contribution in [3.05, 3.63) is 35.0 Å². The molecule has 1 aliphatic rings. The Hall–Kier alpha value is -1.75. The average Bonchev–Trinajstić information content (AvgIpc) is 2.70. The molecule has 0 radical (unpaired) electrons. The molecule has 0 saturated heterocycles. The van der Waals surface area contributed by atoms with E-state index in [-0.39, 0.29) is 0 Å². The summed E-state index contributed by atoms with van der Waals surface area (Å²) in [6.07, 6.45) is 3.11. The van der Waals surface area contributed by atoms with Crippen molar-refractivity contribution in [3.8, 4) is 5.82 Å². The van der Waals surface area contributed by atoms with Crippen molar-refractivity contribution in [2.75, 3.05) is 13.6 Å². The minimum absolute atomic E-state index is 0.788. The van der Waals surface area contributed by atoms with Gasteiger partial charge in [0.25, 0.3) is 0 Å². The zero-order valence-electron chi connectivity index (χ0n) is 11.0.